The summed E-state index contributed by atoms with van der Waals surface area (Å²) < 4.78 is 42.8. The van der Waals surface area contributed by atoms with Crippen molar-refractivity contribution in [1.82, 2.24) is 24.8 Å². The van der Waals surface area contributed by atoms with Gasteiger partial charge < -0.3 is 25.4 Å². The molecule has 244 valence electrons. The highest BCUT2D eigenvalue weighted by Crippen LogP contribution is 2.26. The van der Waals surface area contributed by atoms with Crippen molar-refractivity contribution >= 4 is 28.5 Å². The van der Waals surface area contributed by atoms with E-state index in [4.69, 9.17) is 9.72 Å². The lowest BCUT2D eigenvalue weighted by atomic mass is 10.1. The van der Waals surface area contributed by atoms with Gasteiger partial charge in [0.15, 0.2) is 5.82 Å². The number of carbonyl (C=O) groups is 1. The predicted octanol–water partition coefficient (Wildman–Crippen LogP) is 5.60. The maximum absolute atomic E-state index is 12.7. The molecule has 3 aromatic heterocycles. The summed E-state index contributed by atoms with van der Waals surface area (Å²) in [4.78, 5) is 32.5. The molecule has 10 nitrogen and oxygen atoms in total. The number of carboxylic acids is 1. The molecule has 3 N–H and O–H groups in total. The van der Waals surface area contributed by atoms with E-state index in [0.717, 1.165) is 50.2 Å². The molecule has 0 saturated heterocycles. The van der Waals surface area contributed by atoms with Gasteiger partial charge in [0.25, 0.3) is 0 Å². The van der Waals surface area contributed by atoms with E-state index in [1.165, 1.54) is 5.56 Å². The Morgan fingerprint density at radius 2 is 1.91 bits per heavy atom. The van der Waals surface area contributed by atoms with Gasteiger partial charge in [-0.3, -0.25) is 4.98 Å². The summed E-state index contributed by atoms with van der Waals surface area (Å²) in [6.07, 6.45) is 3.54. The van der Waals surface area contributed by atoms with Crippen LogP contribution in [0.1, 0.15) is 36.9 Å². The Bertz CT molecular complexity index is 1590. The molecular formula is C33H38F3N7O3. The van der Waals surface area contributed by atoms with Gasteiger partial charge in [-0.25, -0.2) is 19.7 Å². The monoisotopic (exact) mass is 637 g/mol. The third kappa shape index (κ3) is 9.57. The summed E-state index contributed by atoms with van der Waals surface area (Å²) in [5, 5.41) is 17.3. The topological polar surface area (TPSA) is 125 Å². The second-order valence-corrected chi connectivity index (χ2v) is 11.3. The number of unbranched alkanes of at least 4 members (excludes halogenated alkanes) is 1. The van der Waals surface area contributed by atoms with Crippen molar-refractivity contribution in [2.75, 3.05) is 50.0 Å². The summed E-state index contributed by atoms with van der Waals surface area (Å²) >= 11 is 0. The van der Waals surface area contributed by atoms with Crippen LogP contribution >= 0.6 is 0 Å². The number of nitrogens with zero attached hydrogens (tertiary/aromatic N) is 5. The molecule has 1 aromatic carbocycles. The molecule has 0 radical (unpaired) electrons. The van der Waals surface area contributed by atoms with E-state index in [1.807, 2.05) is 41.3 Å². The van der Waals surface area contributed by atoms with E-state index < -0.39 is 24.8 Å². The molecule has 1 aliphatic rings. The Hall–Kier alpha value is -4.36. The van der Waals surface area contributed by atoms with E-state index in [-0.39, 0.29) is 19.6 Å². The first-order valence-electron chi connectivity index (χ1n) is 15.5. The van der Waals surface area contributed by atoms with Crippen LogP contribution in [0.15, 0.2) is 60.9 Å². The number of ether oxygens (including phenoxy) is 1. The molecule has 13 heteroatoms. The Balaban J connectivity index is 1.23. The molecule has 1 atom stereocenters. The summed E-state index contributed by atoms with van der Waals surface area (Å²) in [7, 11) is 0. The van der Waals surface area contributed by atoms with Gasteiger partial charge in [0.2, 0.25) is 0 Å². The number of benzene rings is 1. The Morgan fingerprint density at radius 1 is 1.04 bits per heavy atom. The summed E-state index contributed by atoms with van der Waals surface area (Å²) in [6.45, 7) is 0.627. The number of para-hydroxylation sites is 1. The first-order chi connectivity index (χ1) is 22.2. The zero-order valence-electron chi connectivity index (χ0n) is 25.5. The van der Waals surface area contributed by atoms with E-state index in [1.54, 1.807) is 18.5 Å². The summed E-state index contributed by atoms with van der Waals surface area (Å²) in [6, 6.07) is 14.1. The molecule has 0 saturated carbocycles. The third-order valence-electron chi connectivity index (χ3n) is 7.79. The van der Waals surface area contributed by atoms with Gasteiger partial charge in [0.05, 0.1) is 12.1 Å². The van der Waals surface area contributed by atoms with Crippen LogP contribution in [0.4, 0.5) is 24.8 Å². The molecular weight excluding hydrogens is 599 g/mol. The van der Waals surface area contributed by atoms with Crippen molar-refractivity contribution in [3.05, 3.63) is 72.2 Å². The molecule has 1 unspecified atom stereocenters. The van der Waals surface area contributed by atoms with Crippen LogP contribution in [0.3, 0.4) is 0 Å². The van der Waals surface area contributed by atoms with Gasteiger partial charge in [0, 0.05) is 48.7 Å². The minimum absolute atomic E-state index is 0.117. The van der Waals surface area contributed by atoms with Gasteiger partial charge in [0.1, 0.15) is 24.3 Å². The largest absolute Gasteiger partial charge is 0.480 e. The number of anilines is 2. The fraction of sp³-hybridized carbons (Fsp3) is 0.424. The maximum Gasteiger partial charge on any atom is 0.411 e. The minimum Gasteiger partial charge on any atom is -0.480 e. The Labute approximate surface area is 265 Å². The van der Waals surface area contributed by atoms with Crippen molar-refractivity contribution in [3.63, 3.8) is 0 Å². The SMILES string of the molecule is O=C(O)C(CCN(CCCCc1ccc2c(n1)NCCC2)CCOCC(F)(F)F)Nc1nc(-c2cccnc2)nc2ccccc12. The molecule has 1 aliphatic heterocycles. The molecule has 0 amide bonds. The van der Waals surface area contributed by atoms with Gasteiger partial charge in [-0.15, -0.1) is 0 Å². The number of rotatable bonds is 16. The average molecular weight is 638 g/mol. The minimum atomic E-state index is -4.41. The number of halogens is 3. The van der Waals surface area contributed by atoms with E-state index in [0.29, 0.717) is 41.2 Å². The second kappa shape index (κ2) is 15.8. The number of aliphatic carboxylic acids is 1. The lowest BCUT2D eigenvalue weighted by molar-refractivity contribution is -0.174. The summed E-state index contributed by atoms with van der Waals surface area (Å²) in [5.41, 5.74) is 3.56. The highest BCUT2D eigenvalue weighted by Gasteiger charge is 2.27. The van der Waals surface area contributed by atoms with Crippen molar-refractivity contribution in [2.24, 2.45) is 0 Å². The number of carboxylic acid groups (broad SMARTS) is 1. The number of pyridine rings is 2. The third-order valence-corrected chi connectivity index (χ3v) is 7.79. The molecule has 0 aliphatic carbocycles. The standard InChI is InChI=1S/C33H38F3N7O3/c34-33(35,36)22-46-20-19-43(17-4-3-9-25-13-12-23-7-6-16-38-29(23)39-25)18-14-28(32(44)45)41-31-26-10-1-2-11-27(26)40-30(42-31)24-8-5-15-37-21-24/h1-2,5,8,10-13,15,21,28H,3-4,6-7,9,14,16-20,22H2,(H,38,39)(H,44,45)(H,40,41,42). The molecule has 0 spiro atoms. The number of hydrogen-bond acceptors (Lipinski definition) is 9. The molecule has 4 heterocycles. The van der Waals surface area contributed by atoms with Gasteiger partial charge in [-0.1, -0.05) is 18.2 Å². The van der Waals surface area contributed by atoms with Crippen LogP contribution < -0.4 is 10.6 Å². The highest BCUT2D eigenvalue weighted by atomic mass is 19.4. The maximum atomic E-state index is 12.7. The summed E-state index contributed by atoms with van der Waals surface area (Å²) in [5.74, 6) is 0.671. The molecule has 46 heavy (non-hydrogen) atoms. The van der Waals surface area contributed by atoms with Crippen LogP contribution in [0.25, 0.3) is 22.3 Å². The smallest absolute Gasteiger partial charge is 0.411 e. The van der Waals surface area contributed by atoms with Gasteiger partial charge in [-0.2, -0.15) is 13.2 Å². The number of aryl methyl sites for hydroxylation is 2. The van der Waals surface area contributed by atoms with Crippen LogP contribution in [0.2, 0.25) is 0 Å². The van der Waals surface area contributed by atoms with E-state index >= 15 is 0 Å². The number of hydrogen-bond donors (Lipinski definition) is 3. The van der Waals surface area contributed by atoms with E-state index in [9.17, 15) is 23.1 Å². The van der Waals surface area contributed by atoms with Crippen LogP contribution in [-0.2, 0) is 22.4 Å². The number of aromatic nitrogens is 4. The average Bonchev–Trinajstić information content (AvgIpc) is 3.06. The van der Waals surface area contributed by atoms with Crippen molar-refractivity contribution < 1.29 is 27.8 Å². The zero-order valence-corrected chi connectivity index (χ0v) is 25.5. The quantitative estimate of drug-likeness (QED) is 0.134. The highest BCUT2D eigenvalue weighted by molar-refractivity contribution is 5.92. The number of nitrogens with one attached hydrogen (secondary N) is 2. The second-order valence-electron chi connectivity index (χ2n) is 11.3. The molecule has 4 aromatic rings. The normalized spacial score (nSPS) is 13.7. The van der Waals surface area contributed by atoms with Crippen molar-refractivity contribution in [2.45, 2.75) is 50.7 Å². The van der Waals surface area contributed by atoms with Gasteiger partial charge in [-0.05, 0) is 81.0 Å². The fourth-order valence-electron chi connectivity index (χ4n) is 5.41. The first-order valence-corrected chi connectivity index (χ1v) is 15.5. The Morgan fingerprint density at radius 3 is 2.72 bits per heavy atom. The predicted molar refractivity (Wildman–Crippen MR) is 170 cm³/mol. The van der Waals surface area contributed by atoms with Crippen molar-refractivity contribution in [3.8, 4) is 11.4 Å². The lowest BCUT2D eigenvalue weighted by Gasteiger charge is -2.25. The van der Waals surface area contributed by atoms with Gasteiger partial charge >= 0.3 is 12.1 Å². The van der Waals surface area contributed by atoms with Crippen molar-refractivity contribution in [1.29, 1.82) is 0 Å². The van der Waals surface area contributed by atoms with Crippen LogP contribution in [0, 0.1) is 0 Å². The van der Waals surface area contributed by atoms with Crippen LogP contribution in [-0.4, -0.2) is 87.5 Å². The first kappa shape index (κ1) is 33.0. The van der Waals surface area contributed by atoms with E-state index in [2.05, 4.69) is 31.7 Å². The molecule has 0 fully saturated rings. The van der Waals surface area contributed by atoms with Crippen LogP contribution in [0.5, 0.6) is 0 Å². The molecule has 0 bridgehead atoms. The number of alkyl halides is 3. The zero-order chi connectivity index (χ0) is 32.4. The Kier molecular flexibility index (Phi) is 11.3. The lowest BCUT2D eigenvalue weighted by Crippen LogP contribution is -2.37. The number of fused-ring (bicyclic) bond motifs is 2. The molecule has 5 rings (SSSR count). The fourth-order valence-corrected chi connectivity index (χ4v) is 5.41.